The number of ether oxygens (including phenoxy) is 1. The van der Waals surface area contributed by atoms with E-state index in [2.05, 4.69) is 22.8 Å². The number of amides is 2. The van der Waals surface area contributed by atoms with Crippen LogP contribution in [0.2, 0.25) is 0 Å². The molecule has 0 aromatic heterocycles. The molecule has 0 radical (unpaired) electrons. The van der Waals surface area contributed by atoms with Crippen molar-refractivity contribution < 1.29 is 9.53 Å². The normalized spacial score (nSPS) is 17.3. The lowest BCUT2D eigenvalue weighted by Gasteiger charge is -2.26. The first-order valence-electron chi connectivity index (χ1n) is 8.57. The van der Waals surface area contributed by atoms with Crippen LogP contribution in [-0.2, 0) is 6.42 Å². The summed E-state index contributed by atoms with van der Waals surface area (Å²) in [6.07, 6.45) is 1.72. The van der Waals surface area contributed by atoms with Crippen molar-refractivity contribution in [3.05, 3.63) is 59.7 Å². The fourth-order valence-corrected chi connectivity index (χ4v) is 4.24. The van der Waals surface area contributed by atoms with E-state index >= 15 is 0 Å². The number of hydrogen-bond acceptors (Lipinski definition) is 3. The molecule has 1 aliphatic heterocycles. The molecular formula is C20H24N2O2S. The number of nitrogens with one attached hydrogen (secondary N) is 2. The van der Waals surface area contributed by atoms with Crippen molar-refractivity contribution in [2.75, 3.05) is 12.9 Å². The van der Waals surface area contributed by atoms with Crippen LogP contribution < -0.4 is 15.4 Å². The molecule has 0 saturated heterocycles. The Balaban J connectivity index is 1.56. The number of fused-ring (bicyclic) bond motifs is 1. The van der Waals surface area contributed by atoms with Gasteiger partial charge in [0.25, 0.3) is 0 Å². The van der Waals surface area contributed by atoms with Gasteiger partial charge >= 0.3 is 6.03 Å². The Labute approximate surface area is 153 Å². The molecule has 2 aromatic carbocycles. The van der Waals surface area contributed by atoms with Gasteiger partial charge in [-0.05, 0) is 49.1 Å². The summed E-state index contributed by atoms with van der Waals surface area (Å²) in [7, 11) is 1.66. The van der Waals surface area contributed by atoms with Crippen molar-refractivity contribution in [1.82, 2.24) is 10.6 Å². The monoisotopic (exact) mass is 356 g/mol. The van der Waals surface area contributed by atoms with Crippen molar-refractivity contribution in [3.8, 4) is 5.75 Å². The second kappa shape index (κ2) is 8.30. The highest BCUT2D eigenvalue weighted by Crippen LogP contribution is 2.35. The molecular weight excluding hydrogens is 332 g/mol. The number of urea groups is 1. The third-order valence-corrected chi connectivity index (χ3v) is 5.44. The molecule has 1 heterocycles. The van der Waals surface area contributed by atoms with Crippen LogP contribution in [0.5, 0.6) is 5.75 Å². The molecule has 1 aliphatic rings. The van der Waals surface area contributed by atoms with Crippen LogP contribution in [0.4, 0.5) is 4.79 Å². The second-order valence-electron chi connectivity index (χ2n) is 6.30. The smallest absolute Gasteiger partial charge is 0.315 e. The summed E-state index contributed by atoms with van der Waals surface area (Å²) in [5, 5.41) is 6.17. The lowest BCUT2D eigenvalue weighted by atomic mass is 10.0. The van der Waals surface area contributed by atoms with Gasteiger partial charge in [-0.15, -0.1) is 11.8 Å². The molecule has 2 N–H and O–H groups in total. The lowest BCUT2D eigenvalue weighted by molar-refractivity contribution is 0.233. The number of benzene rings is 2. The van der Waals surface area contributed by atoms with Gasteiger partial charge in [-0.25, -0.2) is 4.79 Å². The van der Waals surface area contributed by atoms with Crippen LogP contribution >= 0.6 is 11.8 Å². The Kier molecular flexibility index (Phi) is 5.87. The van der Waals surface area contributed by atoms with Crippen LogP contribution in [0.1, 0.15) is 30.5 Å². The Morgan fingerprint density at radius 2 is 2.12 bits per heavy atom. The fourth-order valence-electron chi connectivity index (χ4n) is 3.12. The number of thioether (sulfide) groups is 1. The van der Waals surface area contributed by atoms with E-state index in [0.29, 0.717) is 0 Å². The molecule has 2 unspecified atom stereocenters. The quantitative estimate of drug-likeness (QED) is 0.846. The summed E-state index contributed by atoms with van der Waals surface area (Å²) < 4.78 is 5.25. The molecule has 2 aromatic rings. The highest BCUT2D eigenvalue weighted by Gasteiger charge is 2.22. The van der Waals surface area contributed by atoms with Crippen molar-refractivity contribution in [2.24, 2.45) is 0 Å². The summed E-state index contributed by atoms with van der Waals surface area (Å²) >= 11 is 1.86. The molecule has 5 heteroatoms. The molecule has 4 nitrogen and oxygen atoms in total. The van der Waals surface area contributed by atoms with E-state index in [4.69, 9.17) is 4.74 Å². The first-order valence-corrected chi connectivity index (χ1v) is 9.56. The summed E-state index contributed by atoms with van der Waals surface area (Å²) in [5.41, 5.74) is 2.36. The SMILES string of the molecule is COc1cccc(CC(C)NC(=O)NC2CCSc3ccccc32)c1. The first kappa shape index (κ1) is 17.7. The maximum Gasteiger partial charge on any atom is 0.315 e. The van der Waals surface area contributed by atoms with Gasteiger partial charge in [0, 0.05) is 16.7 Å². The fraction of sp³-hybridized carbons (Fsp3) is 0.350. The zero-order valence-corrected chi connectivity index (χ0v) is 15.4. The molecule has 3 rings (SSSR count). The summed E-state index contributed by atoms with van der Waals surface area (Å²) in [6, 6.07) is 16.3. The topological polar surface area (TPSA) is 50.4 Å². The number of carbonyl (C=O) groups is 1. The average molecular weight is 356 g/mol. The Bertz CT molecular complexity index is 735. The standard InChI is InChI=1S/C20H24N2O2S/c1-14(12-15-6-5-7-16(13-15)24-2)21-20(23)22-18-10-11-25-19-9-4-3-8-17(18)19/h3-9,13-14,18H,10-12H2,1-2H3,(H2,21,22,23). The largest absolute Gasteiger partial charge is 0.497 e. The van der Waals surface area contributed by atoms with Crippen LogP contribution in [0.25, 0.3) is 0 Å². The second-order valence-corrected chi connectivity index (χ2v) is 7.44. The highest BCUT2D eigenvalue weighted by atomic mass is 32.2. The van der Waals surface area contributed by atoms with E-state index in [1.807, 2.05) is 55.1 Å². The van der Waals surface area contributed by atoms with Crippen molar-refractivity contribution in [3.63, 3.8) is 0 Å². The minimum atomic E-state index is -0.109. The van der Waals surface area contributed by atoms with E-state index in [1.165, 1.54) is 10.5 Å². The summed E-state index contributed by atoms with van der Waals surface area (Å²) in [5.74, 6) is 1.87. The van der Waals surface area contributed by atoms with Crippen LogP contribution in [-0.4, -0.2) is 24.9 Å². The molecule has 0 saturated carbocycles. The molecule has 2 amide bonds. The van der Waals surface area contributed by atoms with E-state index in [0.717, 1.165) is 29.9 Å². The van der Waals surface area contributed by atoms with Crippen LogP contribution in [0.3, 0.4) is 0 Å². The van der Waals surface area contributed by atoms with Gasteiger partial charge in [-0.1, -0.05) is 30.3 Å². The molecule has 0 spiro atoms. The Morgan fingerprint density at radius 1 is 1.28 bits per heavy atom. The molecule has 0 bridgehead atoms. The number of methoxy groups -OCH3 is 1. The van der Waals surface area contributed by atoms with Gasteiger partial charge in [-0.2, -0.15) is 0 Å². The highest BCUT2D eigenvalue weighted by molar-refractivity contribution is 7.99. The van der Waals surface area contributed by atoms with E-state index in [-0.39, 0.29) is 18.1 Å². The predicted octanol–water partition coefficient (Wildman–Crippen LogP) is 4.16. The minimum absolute atomic E-state index is 0.0420. The summed E-state index contributed by atoms with van der Waals surface area (Å²) in [4.78, 5) is 13.7. The molecule has 0 aliphatic carbocycles. The van der Waals surface area contributed by atoms with Gasteiger partial charge in [0.05, 0.1) is 13.2 Å². The number of carbonyl (C=O) groups excluding carboxylic acids is 1. The van der Waals surface area contributed by atoms with Crippen molar-refractivity contribution in [2.45, 2.75) is 36.7 Å². The van der Waals surface area contributed by atoms with Gasteiger partial charge in [0.15, 0.2) is 0 Å². The Hall–Kier alpha value is -2.14. The summed E-state index contributed by atoms with van der Waals surface area (Å²) in [6.45, 7) is 2.02. The number of hydrogen-bond donors (Lipinski definition) is 2. The van der Waals surface area contributed by atoms with Gasteiger partial charge in [0.1, 0.15) is 5.75 Å². The van der Waals surface area contributed by atoms with Gasteiger partial charge < -0.3 is 15.4 Å². The Morgan fingerprint density at radius 3 is 2.96 bits per heavy atom. The maximum absolute atomic E-state index is 12.4. The third kappa shape index (κ3) is 4.69. The maximum atomic E-state index is 12.4. The van der Waals surface area contributed by atoms with E-state index in [9.17, 15) is 4.79 Å². The van der Waals surface area contributed by atoms with Crippen LogP contribution in [0, 0.1) is 0 Å². The van der Waals surface area contributed by atoms with Gasteiger partial charge in [0.2, 0.25) is 0 Å². The zero-order chi connectivity index (χ0) is 17.6. The van der Waals surface area contributed by atoms with Crippen molar-refractivity contribution >= 4 is 17.8 Å². The van der Waals surface area contributed by atoms with Crippen LogP contribution in [0.15, 0.2) is 53.4 Å². The van der Waals surface area contributed by atoms with Crippen molar-refractivity contribution in [1.29, 1.82) is 0 Å². The van der Waals surface area contributed by atoms with E-state index < -0.39 is 0 Å². The molecule has 132 valence electrons. The minimum Gasteiger partial charge on any atom is -0.497 e. The molecule has 25 heavy (non-hydrogen) atoms. The average Bonchev–Trinajstić information content (AvgIpc) is 2.62. The predicted molar refractivity (Wildman–Crippen MR) is 102 cm³/mol. The molecule has 0 fully saturated rings. The number of rotatable bonds is 5. The zero-order valence-electron chi connectivity index (χ0n) is 14.6. The first-order chi connectivity index (χ1) is 12.2. The lowest BCUT2D eigenvalue weighted by Crippen LogP contribution is -2.43. The third-order valence-electron chi connectivity index (χ3n) is 4.32. The van der Waals surface area contributed by atoms with E-state index in [1.54, 1.807) is 7.11 Å². The molecule has 2 atom stereocenters. The van der Waals surface area contributed by atoms with Gasteiger partial charge in [-0.3, -0.25) is 0 Å².